The fraction of sp³-hybridized carbons (Fsp3) is 0.462. The van der Waals surface area contributed by atoms with Crippen LogP contribution in [0.5, 0.6) is 5.75 Å². The maximum atomic E-state index is 12.1. The van der Waals surface area contributed by atoms with Gasteiger partial charge in [-0.2, -0.15) is 0 Å². The van der Waals surface area contributed by atoms with E-state index >= 15 is 0 Å². The van der Waals surface area contributed by atoms with Crippen LogP contribution in [0, 0.1) is 13.8 Å². The van der Waals surface area contributed by atoms with Gasteiger partial charge in [-0.1, -0.05) is 11.6 Å². The zero-order valence-electron chi connectivity index (χ0n) is 10.6. The fourth-order valence-electron chi connectivity index (χ4n) is 1.82. The van der Waals surface area contributed by atoms with Crippen LogP contribution in [0.2, 0.25) is 5.02 Å². The van der Waals surface area contributed by atoms with Gasteiger partial charge in [-0.25, -0.2) is 0 Å². The molecule has 0 radical (unpaired) electrons. The van der Waals surface area contributed by atoms with Crippen LogP contribution in [0.4, 0.5) is 0 Å². The minimum Gasteiger partial charge on any atom is -0.496 e. The molecule has 1 aromatic carbocycles. The number of Topliss-reactive ketones (excluding diaryl/α,β-unsaturated/α-hetero) is 1. The number of hydrogen-bond acceptors (Lipinski definition) is 3. The van der Waals surface area contributed by atoms with Gasteiger partial charge in [0.2, 0.25) is 0 Å². The predicted octanol–water partition coefficient (Wildman–Crippen LogP) is 2.89. The third-order valence-electron chi connectivity index (χ3n) is 2.65. The number of aryl methyl sites for hydroxylation is 1. The number of hydrogen-bond donors (Lipinski definition) is 1. The summed E-state index contributed by atoms with van der Waals surface area (Å²) in [6.45, 7) is 5.51. The Kier molecular flexibility index (Phi) is 4.54. The highest BCUT2D eigenvalue weighted by atomic mass is 35.5. The number of benzene rings is 1. The largest absolute Gasteiger partial charge is 0.496 e. The molecule has 0 saturated heterocycles. The Balaban J connectivity index is 3.30. The van der Waals surface area contributed by atoms with Gasteiger partial charge in [0.1, 0.15) is 5.75 Å². The molecule has 0 heterocycles. The Morgan fingerprint density at radius 3 is 2.59 bits per heavy atom. The van der Waals surface area contributed by atoms with E-state index in [2.05, 4.69) is 0 Å². The summed E-state index contributed by atoms with van der Waals surface area (Å²) in [5.74, 6) is 0.534. The average Bonchev–Trinajstić information content (AvgIpc) is 2.23. The van der Waals surface area contributed by atoms with Gasteiger partial charge in [0.05, 0.1) is 12.7 Å². The van der Waals surface area contributed by atoms with Crippen molar-refractivity contribution in [1.29, 1.82) is 0 Å². The summed E-state index contributed by atoms with van der Waals surface area (Å²) in [6, 6.07) is 1.61. The van der Waals surface area contributed by atoms with Crippen LogP contribution in [-0.2, 0) is 0 Å². The van der Waals surface area contributed by atoms with E-state index in [0.717, 1.165) is 11.1 Å². The minimum absolute atomic E-state index is 0.0312. The van der Waals surface area contributed by atoms with Crippen molar-refractivity contribution in [3.8, 4) is 5.75 Å². The molecule has 0 aromatic heterocycles. The van der Waals surface area contributed by atoms with E-state index in [1.807, 2.05) is 13.8 Å². The van der Waals surface area contributed by atoms with E-state index < -0.39 is 0 Å². The Labute approximate surface area is 107 Å². The van der Waals surface area contributed by atoms with Crippen molar-refractivity contribution in [2.24, 2.45) is 5.73 Å². The van der Waals surface area contributed by atoms with Gasteiger partial charge in [0.15, 0.2) is 5.78 Å². The van der Waals surface area contributed by atoms with Crippen LogP contribution < -0.4 is 10.5 Å². The van der Waals surface area contributed by atoms with Gasteiger partial charge in [0.25, 0.3) is 0 Å². The monoisotopic (exact) mass is 255 g/mol. The normalized spacial score (nSPS) is 12.4. The van der Waals surface area contributed by atoms with E-state index in [4.69, 9.17) is 22.1 Å². The van der Waals surface area contributed by atoms with Gasteiger partial charge in [-0.15, -0.1) is 0 Å². The summed E-state index contributed by atoms with van der Waals surface area (Å²) >= 11 is 6.15. The standard InChI is InChI=1S/C13H18ClNO2/c1-7-5-11(17-4)12(9(3)13(7)14)10(16)6-8(2)15/h5,8H,6,15H2,1-4H3. The second-order valence-electron chi connectivity index (χ2n) is 4.31. The predicted molar refractivity (Wildman–Crippen MR) is 70.1 cm³/mol. The maximum Gasteiger partial charge on any atom is 0.168 e. The van der Waals surface area contributed by atoms with Crippen LogP contribution in [0.3, 0.4) is 0 Å². The number of halogens is 1. The summed E-state index contributed by atoms with van der Waals surface area (Å²) in [5.41, 5.74) is 7.85. The van der Waals surface area contributed by atoms with Crippen molar-refractivity contribution in [1.82, 2.24) is 0 Å². The molecule has 0 aliphatic carbocycles. The van der Waals surface area contributed by atoms with Crippen molar-refractivity contribution in [2.45, 2.75) is 33.2 Å². The number of rotatable bonds is 4. The molecule has 3 nitrogen and oxygen atoms in total. The number of ketones is 1. The molecule has 0 bridgehead atoms. The third-order valence-corrected chi connectivity index (χ3v) is 3.23. The molecule has 1 atom stereocenters. The topological polar surface area (TPSA) is 52.3 Å². The van der Waals surface area contributed by atoms with Crippen LogP contribution in [0.25, 0.3) is 0 Å². The molecule has 0 fully saturated rings. The van der Waals surface area contributed by atoms with Crippen LogP contribution in [0.1, 0.15) is 34.8 Å². The summed E-state index contributed by atoms with van der Waals surface area (Å²) in [7, 11) is 1.55. The summed E-state index contributed by atoms with van der Waals surface area (Å²) in [4.78, 5) is 12.1. The Morgan fingerprint density at radius 1 is 1.53 bits per heavy atom. The summed E-state index contributed by atoms with van der Waals surface area (Å²) in [5, 5.41) is 0.610. The molecule has 17 heavy (non-hydrogen) atoms. The van der Waals surface area contributed by atoms with Crippen LogP contribution >= 0.6 is 11.6 Å². The summed E-state index contributed by atoms with van der Waals surface area (Å²) in [6.07, 6.45) is 0.288. The second-order valence-corrected chi connectivity index (χ2v) is 4.69. The van der Waals surface area contributed by atoms with Crippen molar-refractivity contribution < 1.29 is 9.53 Å². The highest BCUT2D eigenvalue weighted by Crippen LogP contribution is 2.32. The Bertz CT molecular complexity index is 442. The average molecular weight is 256 g/mol. The molecule has 1 unspecified atom stereocenters. The minimum atomic E-state index is -0.174. The van der Waals surface area contributed by atoms with E-state index in [1.165, 1.54) is 0 Å². The number of nitrogens with two attached hydrogens (primary N) is 1. The van der Waals surface area contributed by atoms with Crippen molar-refractivity contribution in [3.05, 3.63) is 27.8 Å². The molecular weight excluding hydrogens is 238 g/mol. The lowest BCUT2D eigenvalue weighted by molar-refractivity contribution is 0.0973. The molecule has 2 N–H and O–H groups in total. The molecule has 0 amide bonds. The number of methoxy groups -OCH3 is 1. The Hall–Kier alpha value is -1.06. The third kappa shape index (κ3) is 2.99. The fourth-order valence-corrected chi connectivity index (χ4v) is 1.97. The van der Waals surface area contributed by atoms with Gasteiger partial charge in [0, 0.05) is 17.5 Å². The molecule has 0 saturated carbocycles. The van der Waals surface area contributed by atoms with Crippen molar-refractivity contribution >= 4 is 17.4 Å². The van der Waals surface area contributed by atoms with Gasteiger partial charge in [-0.3, -0.25) is 4.79 Å². The smallest absolute Gasteiger partial charge is 0.168 e. The Morgan fingerprint density at radius 2 is 2.12 bits per heavy atom. The molecule has 94 valence electrons. The first-order valence-corrected chi connectivity index (χ1v) is 5.88. The van der Waals surface area contributed by atoms with Crippen LogP contribution in [-0.4, -0.2) is 18.9 Å². The zero-order chi connectivity index (χ0) is 13.2. The zero-order valence-corrected chi connectivity index (χ0v) is 11.4. The van der Waals surface area contributed by atoms with Crippen molar-refractivity contribution in [2.75, 3.05) is 7.11 Å². The highest BCUT2D eigenvalue weighted by Gasteiger charge is 2.19. The molecule has 0 spiro atoms. The van der Waals surface area contributed by atoms with Gasteiger partial charge < -0.3 is 10.5 Å². The number of ether oxygens (including phenoxy) is 1. The van der Waals surface area contributed by atoms with Gasteiger partial charge >= 0.3 is 0 Å². The molecular formula is C13H18ClNO2. The number of carbonyl (C=O) groups is 1. The lowest BCUT2D eigenvalue weighted by atomic mass is 9.97. The highest BCUT2D eigenvalue weighted by molar-refractivity contribution is 6.32. The molecule has 4 heteroatoms. The SMILES string of the molecule is COc1cc(C)c(Cl)c(C)c1C(=O)CC(C)N. The van der Waals surface area contributed by atoms with E-state index in [1.54, 1.807) is 20.1 Å². The van der Waals surface area contributed by atoms with Crippen LogP contribution in [0.15, 0.2) is 6.07 Å². The summed E-state index contributed by atoms with van der Waals surface area (Å²) < 4.78 is 5.24. The molecule has 0 aliphatic heterocycles. The van der Waals surface area contributed by atoms with E-state index in [9.17, 15) is 4.79 Å². The molecule has 1 rings (SSSR count). The first-order chi connectivity index (χ1) is 7.88. The first-order valence-electron chi connectivity index (χ1n) is 5.51. The second kappa shape index (κ2) is 5.52. The quantitative estimate of drug-likeness (QED) is 0.842. The van der Waals surface area contributed by atoms with Gasteiger partial charge in [-0.05, 0) is 38.0 Å². The van der Waals surface area contributed by atoms with Crippen molar-refractivity contribution in [3.63, 3.8) is 0 Å². The maximum absolute atomic E-state index is 12.1. The number of carbonyl (C=O) groups excluding carboxylic acids is 1. The molecule has 0 aliphatic rings. The molecule has 1 aromatic rings. The van der Waals surface area contributed by atoms with E-state index in [-0.39, 0.29) is 18.2 Å². The lowest BCUT2D eigenvalue weighted by Gasteiger charge is -2.15. The van der Waals surface area contributed by atoms with E-state index in [0.29, 0.717) is 16.3 Å². The first kappa shape index (κ1) is 14.0. The lowest BCUT2D eigenvalue weighted by Crippen LogP contribution is -2.20.